The van der Waals surface area contributed by atoms with Gasteiger partial charge in [-0.05, 0) is 31.0 Å². The lowest BCUT2D eigenvalue weighted by Crippen LogP contribution is -2.23. The van der Waals surface area contributed by atoms with Gasteiger partial charge in [0.05, 0.1) is 4.92 Å². The SMILES string of the molecule is CN(CCc1ccccc1)CCc1ccc([N+](=O)[O-])cc1. The zero-order valence-electron chi connectivity index (χ0n) is 12.2. The molecule has 0 spiro atoms. The van der Waals surface area contributed by atoms with Crippen molar-refractivity contribution in [3.8, 4) is 0 Å². The van der Waals surface area contributed by atoms with Crippen LogP contribution in [0.4, 0.5) is 5.69 Å². The molecule has 4 nitrogen and oxygen atoms in total. The number of hydrogen-bond acceptors (Lipinski definition) is 3. The van der Waals surface area contributed by atoms with Gasteiger partial charge in [-0.2, -0.15) is 0 Å². The van der Waals surface area contributed by atoms with Gasteiger partial charge in [0.15, 0.2) is 0 Å². The fourth-order valence-corrected chi connectivity index (χ4v) is 2.18. The summed E-state index contributed by atoms with van der Waals surface area (Å²) >= 11 is 0. The molecule has 0 aromatic heterocycles. The number of nitro groups is 1. The van der Waals surface area contributed by atoms with E-state index in [0.29, 0.717) is 0 Å². The molecule has 0 radical (unpaired) electrons. The van der Waals surface area contributed by atoms with Crippen LogP contribution in [0, 0.1) is 10.1 Å². The van der Waals surface area contributed by atoms with Crippen molar-refractivity contribution in [3.63, 3.8) is 0 Å². The van der Waals surface area contributed by atoms with Gasteiger partial charge in [-0.1, -0.05) is 42.5 Å². The first-order valence-electron chi connectivity index (χ1n) is 7.11. The van der Waals surface area contributed by atoms with Gasteiger partial charge < -0.3 is 4.90 Å². The fraction of sp³-hybridized carbons (Fsp3) is 0.294. The Bertz CT molecular complexity index is 567. The van der Waals surface area contributed by atoms with Crippen molar-refractivity contribution >= 4 is 5.69 Å². The minimum absolute atomic E-state index is 0.149. The van der Waals surface area contributed by atoms with Crippen molar-refractivity contribution in [2.75, 3.05) is 20.1 Å². The number of nitrogens with zero attached hydrogens (tertiary/aromatic N) is 2. The van der Waals surface area contributed by atoms with E-state index in [0.717, 1.165) is 31.5 Å². The summed E-state index contributed by atoms with van der Waals surface area (Å²) in [6.45, 7) is 1.96. The maximum atomic E-state index is 10.6. The molecule has 21 heavy (non-hydrogen) atoms. The van der Waals surface area contributed by atoms with Crippen molar-refractivity contribution < 1.29 is 4.92 Å². The third-order valence-corrected chi connectivity index (χ3v) is 3.55. The van der Waals surface area contributed by atoms with Gasteiger partial charge in [0.2, 0.25) is 0 Å². The Morgan fingerprint density at radius 1 is 0.905 bits per heavy atom. The summed E-state index contributed by atoms with van der Waals surface area (Å²) in [5.41, 5.74) is 2.63. The van der Waals surface area contributed by atoms with E-state index in [1.165, 1.54) is 5.56 Å². The Labute approximate surface area is 125 Å². The van der Waals surface area contributed by atoms with Crippen molar-refractivity contribution in [1.82, 2.24) is 4.90 Å². The minimum atomic E-state index is -0.365. The first-order valence-corrected chi connectivity index (χ1v) is 7.11. The first kappa shape index (κ1) is 15.2. The van der Waals surface area contributed by atoms with Gasteiger partial charge in [0, 0.05) is 25.2 Å². The third kappa shape index (κ3) is 5.00. The molecule has 0 N–H and O–H groups in total. The molecule has 0 aliphatic rings. The predicted molar refractivity (Wildman–Crippen MR) is 84.4 cm³/mol. The molecule has 0 saturated heterocycles. The van der Waals surface area contributed by atoms with Crippen molar-refractivity contribution in [2.24, 2.45) is 0 Å². The smallest absolute Gasteiger partial charge is 0.269 e. The fourth-order valence-electron chi connectivity index (χ4n) is 2.18. The van der Waals surface area contributed by atoms with Gasteiger partial charge in [-0.3, -0.25) is 10.1 Å². The summed E-state index contributed by atoms with van der Waals surface area (Å²) in [5, 5.41) is 10.6. The molecule has 0 atom stereocenters. The molecule has 0 bridgehead atoms. The Morgan fingerprint density at radius 2 is 1.43 bits per heavy atom. The normalized spacial score (nSPS) is 10.8. The molecule has 0 unspecified atom stereocenters. The summed E-state index contributed by atoms with van der Waals surface area (Å²) < 4.78 is 0. The first-order chi connectivity index (χ1) is 10.1. The highest BCUT2D eigenvalue weighted by molar-refractivity contribution is 5.32. The summed E-state index contributed by atoms with van der Waals surface area (Å²) in [4.78, 5) is 12.5. The highest BCUT2D eigenvalue weighted by Crippen LogP contribution is 2.12. The minimum Gasteiger partial charge on any atom is -0.306 e. The van der Waals surface area contributed by atoms with E-state index in [1.54, 1.807) is 12.1 Å². The Balaban J connectivity index is 1.75. The number of non-ortho nitro benzene ring substituents is 1. The molecule has 2 aromatic carbocycles. The van der Waals surface area contributed by atoms with Crippen LogP contribution in [0.5, 0.6) is 0 Å². The predicted octanol–water partition coefficient (Wildman–Crippen LogP) is 3.31. The van der Waals surface area contributed by atoms with Crippen LogP contribution < -0.4 is 0 Å². The summed E-state index contributed by atoms with van der Waals surface area (Å²) in [5.74, 6) is 0. The largest absolute Gasteiger partial charge is 0.306 e. The maximum Gasteiger partial charge on any atom is 0.269 e. The molecule has 0 heterocycles. The van der Waals surface area contributed by atoms with Crippen molar-refractivity contribution in [2.45, 2.75) is 12.8 Å². The molecule has 0 amide bonds. The highest BCUT2D eigenvalue weighted by Gasteiger charge is 2.05. The van der Waals surface area contributed by atoms with Crippen LogP contribution in [-0.4, -0.2) is 30.0 Å². The quantitative estimate of drug-likeness (QED) is 0.579. The lowest BCUT2D eigenvalue weighted by molar-refractivity contribution is -0.384. The van der Waals surface area contributed by atoms with E-state index < -0.39 is 0 Å². The summed E-state index contributed by atoms with van der Waals surface area (Å²) in [7, 11) is 2.11. The van der Waals surface area contributed by atoms with Crippen molar-refractivity contribution in [3.05, 3.63) is 75.8 Å². The molecule has 0 saturated carbocycles. The van der Waals surface area contributed by atoms with E-state index in [4.69, 9.17) is 0 Å². The molecule has 0 fully saturated rings. The zero-order chi connectivity index (χ0) is 15.1. The molecule has 0 aliphatic heterocycles. The molecule has 2 rings (SSSR count). The van der Waals surface area contributed by atoms with Crippen LogP contribution in [0.25, 0.3) is 0 Å². The molecule has 4 heteroatoms. The van der Waals surface area contributed by atoms with Crippen LogP contribution in [0.3, 0.4) is 0 Å². The molecular formula is C17H20N2O2. The Hall–Kier alpha value is -2.20. The average molecular weight is 284 g/mol. The van der Waals surface area contributed by atoms with Crippen LogP contribution in [0.1, 0.15) is 11.1 Å². The Kier molecular flexibility index (Phi) is 5.46. The van der Waals surface area contributed by atoms with Crippen molar-refractivity contribution in [1.29, 1.82) is 0 Å². The van der Waals surface area contributed by atoms with Gasteiger partial charge in [0.1, 0.15) is 0 Å². The lowest BCUT2D eigenvalue weighted by Gasteiger charge is -2.16. The van der Waals surface area contributed by atoms with E-state index in [1.807, 2.05) is 18.2 Å². The molecule has 0 aliphatic carbocycles. The van der Waals surface area contributed by atoms with Crippen LogP contribution in [0.2, 0.25) is 0 Å². The number of hydrogen-bond donors (Lipinski definition) is 0. The zero-order valence-corrected chi connectivity index (χ0v) is 12.2. The van der Waals surface area contributed by atoms with Crippen LogP contribution in [0.15, 0.2) is 54.6 Å². The average Bonchev–Trinajstić information content (AvgIpc) is 2.52. The summed E-state index contributed by atoms with van der Waals surface area (Å²) in [6.07, 6.45) is 1.95. The number of nitro benzene ring substituents is 1. The molecule has 110 valence electrons. The second-order valence-corrected chi connectivity index (χ2v) is 5.21. The van der Waals surface area contributed by atoms with Crippen LogP contribution >= 0.6 is 0 Å². The van der Waals surface area contributed by atoms with Gasteiger partial charge >= 0.3 is 0 Å². The van der Waals surface area contributed by atoms with E-state index in [9.17, 15) is 10.1 Å². The Morgan fingerprint density at radius 3 is 1.95 bits per heavy atom. The van der Waals surface area contributed by atoms with Gasteiger partial charge in [0.25, 0.3) is 5.69 Å². The van der Waals surface area contributed by atoms with Gasteiger partial charge in [-0.15, -0.1) is 0 Å². The molecular weight excluding hydrogens is 264 g/mol. The van der Waals surface area contributed by atoms with E-state index >= 15 is 0 Å². The molecule has 2 aromatic rings. The lowest BCUT2D eigenvalue weighted by atomic mass is 10.1. The summed E-state index contributed by atoms with van der Waals surface area (Å²) in [6, 6.07) is 17.2. The van der Waals surface area contributed by atoms with E-state index in [-0.39, 0.29) is 10.6 Å². The maximum absolute atomic E-state index is 10.6. The van der Waals surface area contributed by atoms with E-state index in [2.05, 4.69) is 36.2 Å². The number of benzene rings is 2. The second-order valence-electron chi connectivity index (χ2n) is 5.21. The second kappa shape index (κ2) is 7.55. The van der Waals surface area contributed by atoms with Gasteiger partial charge in [-0.25, -0.2) is 0 Å². The monoisotopic (exact) mass is 284 g/mol. The number of likely N-dealkylation sites (N-methyl/N-ethyl adjacent to an activating group) is 1. The van der Waals surface area contributed by atoms with Crippen LogP contribution in [-0.2, 0) is 12.8 Å². The third-order valence-electron chi connectivity index (χ3n) is 3.55. The standard InChI is InChI=1S/C17H20N2O2/c1-18(13-11-15-5-3-2-4-6-15)14-12-16-7-9-17(10-8-16)19(20)21/h2-10H,11-14H2,1H3. The topological polar surface area (TPSA) is 46.4 Å². The number of rotatable bonds is 7. The highest BCUT2D eigenvalue weighted by atomic mass is 16.6.